The highest BCUT2D eigenvalue weighted by Crippen LogP contribution is 2.43. The Morgan fingerprint density at radius 2 is 1.68 bits per heavy atom. The lowest BCUT2D eigenvalue weighted by atomic mass is 10.1. The van der Waals surface area contributed by atoms with Gasteiger partial charge in [-0.05, 0) is 23.7 Å². The smallest absolute Gasteiger partial charge is 0.225 e. The Kier molecular flexibility index (Phi) is 10.1. The first-order chi connectivity index (χ1) is 16.5. The first-order valence-corrected chi connectivity index (χ1v) is 14.8. The zero-order valence-electron chi connectivity index (χ0n) is 20.8. The lowest BCUT2D eigenvalue weighted by molar-refractivity contribution is 0.0317. The zero-order chi connectivity index (χ0) is 24.7. The van der Waals surface area contributed by atoms with Crippen LogP contribution in [0.25, 0.3) is 11.0 Å². The van der Waals surface area contributed by atoms with E-state index in [2.05, 4.69) is 24.7 Å². The summed E-state index contributed by atoms with van der Waals surface area (Å²) >= 11 is 6.15. The van der Waals surface area contributed by atoms with Crippen molar-refractivity contribution in [1.29, 1.82) is 0 Å². The molecule has 1 N–H and O–H groups in total. The van der Waals surface area contributed by atoms with Gasteiger partial charge in [0.05, 0.1) is 24.4 Å². The van der Waals surface area contributed by atoms with Crippen LogP contribution < -0.4 is 4.90 Å². The van der Waals surface area contributed by atoms with Gasteiger partial charge in [-0.2, -0.15) is 4.98 Å². The van der Waals surface area contributed by atoms with Crippen molar-refractivity contribution in [2.45, 2.75) is 40.3 Å². The molecule has 9 nitrogen and oxygen atoms in total. The summed E-state index contributed by atoms with van der Waals surface area (Å²) in [5, 5.41) is 0.234. The second-order valence-corrected chi connectivity index (χ2v) is 11.2. The number of pyridine rings is 1. The molecule has 0 spiro atoms. The molecule has 190 valence electrons. The Morgan fingerprint density at radius 3 is 2.32 bits per heavy atom. The summed E-state index contributed by atoms with van der Waals surface area (Å²) in [5.74, 6) is 0.776. The fourth-order valence-electron chi connectivity index (χ4n) is 4.39. The number of rotatable bonds is 4. The summed E-state index contributed by atoms with van der Waals surface area (Å²) < 4.78 is 17.2. The van der Waals surface area contributed by atoms with Crippen LogP contribution in [0.15, 0.2) is 12.1 Å². The number of likely N-dealkylation sites (tertiary alicyclic amines) is 1. The summed E-state index contributed by atoms with van der Waals surface area (Å²) in [6.07, 6.45) is 0.839. The molecule has 3 aliphatic rings. The molecule has 2 aromatic heterocycles. The number of hydrogen-bond donors (Lipinski definition) is 1. The number of fused-ring (bicyclic) bond motifs is 1. The van der Waals surface area contributed by atoms with Crippen LogP contribution in [-0.2, 0) is 15.8 Å². The van der Waals surface area contributed by atoms with Gasteiger partial charge in [0, 0.05) is 64.2 Å². The maximum absolute atomic E-state index is 11.8. The number of nitrogens with zero attached hydrogens (tertiary/aromatic N) is 6. The minimum Gasteiger partial charge on any atom is -0.378 e. The molecule has 11 heteroatoms. The van der Waals surface area contributed by atoms with Gasteiger partial charge in [-0.3, -0.25) is 14.4 Å². The monoisotopic (exact) mass is 512 g/mol. The van der Waals surface area contributed by atoms with E-state index in [1.165, 1.54) is 0 Å². The summed E-state index contributed by atoms with van der Waals surface area (Å²) in [5.41, 5.74) is 2.52. The van der Waals surface area contributed by atoms with E-state index in [9.17, 15) is 9.46 Å². The van der Waals surface area contributed by atoms with Crippen LogP contribution in [0.3, 0.4) is 0 Å². The molecular weight excluding hydrogens is 475 g/mol. The van der Waals surface area contributed by atoms with E-state index in [0.29, 0.717) is 31.6 Å². The molecule has 3 aliphatic heterocycles. The third kappa shape index (κ3) is 6.65. The zero-order valence-corrected chi connectivity index (χ0v) is 22.4. The quantitative estimate of drug-likeness (QED) is 0.488. The van der Waals surface area contributed by atoms with Crippen molar-refractivity contribution in [3.8, 4) is 0 Å². The van der Waals surface area contributed by atoms with E-state index in [4.69, 9.17) is 21.3 Å². The highest BCUT2D eigenvalue weighted by molar-refractivity contribution is 7.58. The number of anilines is 1. The van der Waals surface area contributed by atoms with Crippen molar-refractivity contribution in [2.75, 3.05) is 69.7 Å². The largest absolute Gasteiger partial charge is 0.378 e. The molecule has 0 aliphatic carbocycles. The minimum atomic E-state index is -2.86. The molecule has 2 aromatic rings. The molecular formula is C23H38ClN6O3P. The van der Waals surface area contributed by atoms with Crippen LogP contribution in [0.1, 0.15) is 33.4 Å². The van der Waals surface area contributed by atoms with Crippen molar-refractivity contribution in [3.63, 3.8) is 0 Å². The van der Waals surface area contributed by atoms with Crippen LogP contribution in [0.2, 0.25) is 5.28 Å². The molecule has 0 amide bonds. The topological polar surface area (TPSA) is 94.9 Å². The Balaban J connectivity index is 0.000000771. The van der Waals surface area contributed by atoms with Gasteiger partial charge in [-0.25, -0.2) is 9.97 Å². The lowest BCUT2D eigenvalue weighted by Crippen LogP contribution is -2.60. The van der Waals surface area contributed by atoms with E-state index in [1.807, 2.05) is 39.8 Å². The molecule has 3 saturated heterocycles. The van der Waals surface area contributed by atoms with E-state index in [-0.39, 0.29) is 5.28 Å². The average Bonchev–Trinajstić information content (AvgIpc) is 2.84. The Hall–Kier alpha value is -1.35. The molecule has 0 radical (unpaired) electrons. The van der Waals surface area contributed by atoms with Crippen molar-refractivity contribution < 1.29 is 14.2 Å². The lowest BCUT2D eigenvalue weighted by Gasteiger charge is -2.47. The van der Waals surface area contributed by atoms with Gasteiger partial charge < -0.3 is 14.5 Å². The van der Waals surface area contributed by atoms with Crippen molar-refractivity contribution in [3.05, 3.63) is 23.1 Å². The molecule has 0 bridgehead atoms. The third-order valence-electron chi connectivity index (χ3n) is 6.18. The van der Waals surface area contributed by atoms with Gasteiger partial charge in [-0.1, -0.05) is 27.7 Å². The molecule has 34 heavy (non-hydrogen) atoms. The van der Waals surface area contributed by atoms with Crippen LogP contribution >= 0.6 is 19.0 Å². The standard InChI is InChI=1S/C19H26ClN6O3P.2C2H6/c20-19-22-16-2-1-14(21-17(16)18(23-19)26-3-7-29-8-4-26)11-24-12-15(13-24)25-5-9-30(27,28)10-6-25;2*1-2/h1-2,15H,3-13H2,(H,27,28);2*1-2H3. The Bertz CT molecular complexity index is 973. The van der Waals surface area contributed by atoms with Gasteiger partial charge in [-0.15, -0.1) is 0 Å². The molecule has 0 saturated carbocycles. The third-order valence-corrected chi connectivity index (χ3v) is 8.14. The fourth-order valence-corrected chi connectivity index (χ4v) is 5.92. The predicted octanol–water partition coefficient (Wildman–Crippen LogP) is 3.34. The number of halogens is 1. The molecule has 0 atom stereocenters. The Labute approximate surface area is 207 Å². The summed E-state index contributed by atoms with van der Waals surface area (Å²) in [6, 6.07) is 4.44. The normalized spacial score (nSPS) is 21.2. The Morgan fingerprint density at radius 1 is 1.03 bits per heavy atom. The summed E-state index contributed by atoms with van der Waals surface area (Å²) in [6.45, 7) is 15.0. The SMILES string of the molecule is CC.CC.O=P1(O)CCN(C2CN(Cc3ccc4nc(Cl)nc(N5CCOCC5)c4n3)C2)CC1. The fraction of sp³-hybridized carbons (Fsp3) is 0.696. The molecule has 0 aromatic carbocycles. The molecule has 5 heterocycles. The number of hydrogen-bond acceptors (Lipinski definition) is 8. The molecule has 5 rings (SSSR count). The highest BCUT2D eigenvalue weighted by Gasteiger charge is 2.36. The van der Waals surface area contributed by atoms with Crippen LogP contribution in [0.5, 0.6) is 0 Å². The van der Waals surface area contributed by atoms with E-state index in [1.54, 1.807) is 0 Å². The van der Waals surface area contributed by atoms with Gasteiger partial charge in [0.2, 0.25) is 12.7 Å². The van der Waals surface area contributed by atoms with Crippen LogP contribution in [0, 0.1) is 0 Å². The number of aromatic nitrogens is 3. The first-order valence-electron chi connectivity index (χ1n) is 12.4. The van der Waals surface area contributed by atoms with Crippen molar-refractivity contribution in [1.82, 2.24) is 24.8 Å². The van der Waals surface area contributed by atoms with E-state index >= 15 is 0 Å². The average molecular weight is 513 g/mol. The maximum Gasteiger partial charge on any atom is 0.225 e. The number of morpholine rings is 1. The van der Waals surface area contributed by atoms with Gasteiger partial charge >= 0.3 is 0 Å². The van der Waals surface area contributed by atoms with Gasteiger partial charge in [0.15, 0.2) is 5.82 Å². The molecule has 3 fully saturated rings. The predicted molar refractivity (Wildman–Crippen MR) is 138 cm³/mol. The second kappa shape index (κ2) is 12.6. The molecule has 0 unspecified atom stereocenters. The summed E-state index contributed by atoms with van der Waals surface area (Å²) in [7, 11) is -2.86. The maximum atomic E-state index is 11.8. The second-order valence-electron chi connectivity index (χ2n) is 8.26. The van der Waals surface area contributed by atoms with E-state index in [0.717, 1.165) is 68.4 Å². The summed E-state index contributed by atoms with van der Waals surface area (Å²) in [4.78, 5) is 30.3. The highest BCUT2D eigenvalue weighted by atomic mass is 35.5. The first kappa shape index (κ1) is 27.2. The van der Waals surface area contributed by atoms with Crippen molar-refractivity contribution in [2.24, 2.45) is 0 Å². The van der Waals surface area contributed by atoms with Gasteiger partial charge in [0.1, 0.15) is 5.52 Å². The van der Waals surface area contributed by atoms with Gasteiger partial charge in [0.25, 0.3) is 0 Å². The van der Waals surface area contributed by atoms with E-state index < -0.39 is 7.37 Å². The number of ether oxygens (including phenoxy) is 1. The van der Waals surface area contributed by atoms with Crippen molar-refractivity contribution >= 4 is 35.8 Å². The van der Waals surface area contributed by atoms with Crippen LogP contribution in [0.4, 0.5) is 5.82 Å². The minimum absolute atomic E-state index is 0.234. The van der Waals surface area contributed by atoms with Crippen LogP contribution in [-0.4, -0.2) is 100 Å².